The smallest absolute Gasteiger partial charge is 0.317 e. The number of hydrogen-bond acceptors (Lipinski definition) is 0. The van der Waals surface area contributed by atoms with Crippen molar-refractivity contribution >= 4 is 0 Å². The predicted molar refractivity (Wildman–Crippen MR) is 31.4 cm³/mol. The molecule has 0 saturated carbocycles. The number of rotatable bonds is 3. The fourth-order valence-electron chi connectivity index (χ4n) is 0.516. The van der Waals surface area contributed by atoms with Crippen LogP contribution in [0, 0.1) is 6.57 Å². The van der Waals surface area contributed by atoms with Crippen molar-refractivity contribution in [2.24, 2.45) is 0 Å². The highest BCUT2D eigenvalue weighted by atomic mass is 19.4. The molecule has 0 aromatic carbocycles. The second kappa shape index (κ2) is 4.15. The van der Waals surface area contributed by atoms with E-state index in [1.54, 1.807) is 0 Å². The molecule has 0 heterocycles. The van der Waals surface area contributed by atoms with E-state index in [0.717, 1.165) is 0 Å². The molecule has 0 aliphatic carbocycles. The molecule has 0 N–H and O–H groups in total. The van der Waals surface area contributed by atoms with E-state index in [0.29, 0.717) is 6.42 Å². The Balaban J connectivity index is 3.14. The van der Waals surface area contributed by atoms with Crippen LogP contribution in [0.5, 0.6) is 0 Å². The molecule has 0 bridgehead atoms. The van der Waals surface area contributed by atoms with Gasteiger partial charge in [-0.1, -0.05) is 0 Å². The molecule has 0 saturated heterocycles. The third kappa shape index (κ3) is 7.28. The summed E-state index contributed by atoms with van der Waals surface area (Å²) in [5.74, 6) is 0. The molecule has 0 rings (SSSR count). The lowest BCUT2D eigenvalue weighted by Gasteiger charge is -2.02. The van der Waals surface area contributed by atoms with Crippen molar-refractivity contribution in [1.82, 2.24) is 0 Å². The summed E-state index contributed by atoms with van der Waals surface area (Å²) in [6.45, 7) is 6.49. The summed E-state index contributed by atoms with van der Waals surface area (Å²) in [4.78, 5) is 2.94. The first-order valence-electron chi connectivity index (χ1n) is 2.96. The highest BCUT2D eigenvalue weighted by molar-refractivity contribution is 4.59. The summed E-state index contributed by atoms with van der Waals surface area (Å²) in [5, 5.41) is 0. The fraction of sp³-hybridized carbons (Fsp3) is 0.833. The molecule has 58 valence electrons. The van der Waals surface area contributed by atoms with E-state index in [2.05, 4.69) is 4.85 Å². The number of alkyl halides is 3. The van der Waals surface area contributed by atoms with Crippen LogP contribution in [0.2, 0.25) is 0 Å². The summed E-state index contributed by atoms with van der Waals surface area (Å²) >= 11 is 0. The van der Waals surface area contributed by atoms with Crippen molar-refractivity contribution in [3.63, 3.8) is 0 Å². The lowest BCUT2D eigenvalue weighted by Crippen LogP contribution is -2.06. The minimum atomic E-state index is -4.05. The van der Waals surface area contributed by atoms with E-state index in [-0.39, 0.29) is 13.0 Å². The van der Waals surface area contributed by atoms with E-state index in [4.69, 9.17) is 6.57 Å². The zero-order chi connectivity index (χ0) is 8.04. The highest BCUT2D eigenvalue weighted by Gasteiger charge is 2.25. The summed E-state index contributed by atoms with van der Waals surface area (Å²) in [7, 11) is 0. The molecule has 0 fully saturated rings. The lowest BCUT2D eigenvalue weighted by atomic mass is 10.2. The average molecular weight is 151 g/mol. The molecule has 4 heteroatoms. The number of hydrogen-bond donors (Lipinski definition) is 0. The molecule has 0 aromatic rings. The SMILES string of the molecule is [C-]#[N+]CCCCC(F)(F)F. The molecular formula is C6H8F3N. The minimum absolute atomic E-state index is 0.0753. The van der Waals surface area contributed by atoms with Crippen LogP contribution in [0.1, 0.15) is 19.3 Å². The summed E-state index contributed by atoms with van der Waals surface area (Å²) < 4.78 is 34.2. The van der Waals surface area contributed by atoms with Gasteiger partial charge in [0.05, 0.1) is 0 Å². The minimum Gasteiger partial charge on any atom is -0.317 e. The largest absolute Gasteiger partial charge is 0.389 e. The van der Waals surface area contributed by atoms with Gasteiger partial charge in [-0.25, -0.2) is 6.57 Å². The zero-order valence-electron chi connectivity index (χ0n) is 5.41. The topological polar surface area (TPSA) is 4.36 Å². The maximum absolute atomic E-state index is 11.4. The van der Waals surface area contributed by atoms with Crippen molar-refractivity contribution in [1.29, 1.82) is 0 Å². The second-order valence-electron chi connectivity index (χ2n) is 1.95. The van der Waals surface area contributed by atoms with Gasteiger partial charge in [0.25, 0.3) is 0 Å². The standard InChI is InChI=1S/C6H8F3N/c1-10-5-3-2-4-6(7,8)9/h2-5H2. The third-order valence-corrected chi connectivity index (χ3v) is 0.980. The van der Waals surface area contributed by atoms with E-state index in [1.807, 2.05) is 0 Å². The monoisotopic (exact) mass is 151 g/mol. The van der Waals surface area contributed by atoms with Crippen LogP contribution in [0.3, 0.4) is 0 Å². The van der Waals surface area contributed by atoms with Gasteiger partial charge in [-0.15, -0.1) is 0 Å². The maximum Gasteiger partial charge on any atom is 0.389 e. The van der Waals surface area contributed by atoms with Crippen molar-refractivity contribution in [2.45, 2.75) is 25.4 Å². The van der Waals surface area contributed by atoms with Crippen molar-refractivity contribution < 1.29 is 13.2 Å². The van der Waals surface area contributed by atoms with Crippen LogP contribution >= 0.6 is 0 Å². The molecule has 0 spiro atoms. The molecule has 0 atom stereocenters. The van der Waals surface area contributed by atoms with Crippen molar-refractivity contribution in [2.75, 3.05) is 6.54 Å². The van der Waals surface area contributed by atoms with Gasteiger partial charge >= 0.3 is 6.18 Å². The molecule has 0 unspecified atom stereocenters. The van der Waals surface area contributed by atoms with Gasteiger partial charge in [0, 0.05) is 12.8 Å². The first-order valence-corrected chi connectivity index (χ1v) is 2.96. The molecular weight excluding hydrogens is 143 g/mol. The van der Waals surface area contributed by atoms with Crippen molar-refractivity contribution in [3.8, 4) is 0 Å². The quantitative estimate of drug-likeness (QED) is 0.431. The van der Waals surface area contributed by atoms with Crippen molar-refractivity contribution in [3.05, 3.63) is 11.4 Å². The van der Waals surface area contributed by atoms with Crippen LogP contribution in [0.4, 0.5) is 13.2 Å². The Morgan fingerprint density at radius 3 is 2.20 bits per heavy atom. The Hall–Kier alpha value is -0.720. The second-order valence-corrected chi connectivity index (χ2v) is 1.95. The first-order chi connectivity index (χ1) is 4.56. The van der Waals surface area contributed by atoms with E-state index in [9.17, 15) is 13.2 Å². The fourth-order valence-corrected chi connectivity index (χ4v) is 0.516. The summed E-state index contributed by atoms with van der Waals surface area (Å²) in [6, 6.07) is 0. The normalized spacial score (nSPS) is 11.0. The molecule has 0 amide bonds. The van der Waals surface area contributed by atoms with Crippen LogP contribution in [-0.4, -0.2) is 12.7 Å². The Bertz CT molecular complexity index is 122. The molecule has 10 heavy (non-hydrogen) atoms. The van der Waals surface area contributed by atoms with E-state index >= 15 is 0 Å². The maximum atomic E-state index is 11.4. The van der Waals surface area contributed by atoms with Crippen LogP contribution in [-0.2, 0) is 0 Å². The molecule has 1 nitrogen and oxygen atoms in total. The number of nitrogens with zero attached hydrogens (tertiary/aromatic N) is 1. The molecule has 0 aliphatic rings. The first kappa shape index (κ1) is 9.28. The number of unbranched alkanes of at least 4 members (excludes halogenated alkanes) is 1. The summed E-state index contributed by atoms with van der Waals surface area (Å²) in [6.07, 6.45) is -4.39. The number of halogens is 3. The molecule has 0 aliphatic heterocycles. The Labute approximate surface area is 57.7 Å². The van der Waals surface area contributed by atoms with Gasteiger partial charge in [-0.2, -0.15) is 13.2 Å². The predicted octanol–water partition coefficient (Wildman–Crippen LogP) is 2.64. The van der Waals surface area contributed by atoms with E-state index in [1.165, 1.54) is 0 Å². The molecule has 0 radical (unpaired) electrons. The third-order valence-electron chi connectivity index (χ3n) is 0.980. The average Bonchev–Trinajstić information content (AvgIpc) is 1.78. The van der Waals surface area contributed by atoms with Gasteiger partial charge in [0.15, 0.2) is 0 Å². The van der Waals surface area contributed by atoms with Gasteiger partial charge in [-0.3, -0.25) is 0 Å². The highest BCUT2D eigenvalue weighted by Crippen LogP contribution is 2.21. The van der Waals surface area contributed by atoms with Gasteiger partial charge in [0.2, 0.25) is 6.54 Å². The Kier molecular flexibility index (Phi) is 3.85. The summed E-state index contributed by atoms with van der Waals surface area (Å²) in [5.41, 5.74) is 0. The van der Waals surface area contributed by atoms with Gasteiger partial charge in [0.1, 0.15) is 0 Å². The van der Waals surface area contributed by atoms with Crippen LogP contribution < -0.4 is 0 Å². The van der Waals surface area contributed by atoms with Crippen LogP contribution in [0.25, 0.3) is 4.85 Å². The van der Waals surface area contributed by atoms with Gasteiger partial charge in [-0.05, 0) is 6.42 Å². The molecule has 0 aromatic heterocycles. The zero-order valence-corrected chi connectivity index (χ0v) is 5.41. The lowest BCUT2D eigenvalue weighted by molar-refractivity contribution is -0.135. The Morgan fingerprint density at radius 2 is 1.80 bits per heavy atom. The van der Waals surface area contributed by atoms with Crippen LogP contribution in [0.15, 0.2) is 0 Å². The van der Waals surface area contributed by atoms with E-state index < -0.39 is 12.6 Å². The van der Waals surface area contributed by atoms with Gasteiger partial charge < -0.3 is 4.85 Å². The Morgan fingerprint density at radius 1 is 1.20 bits per heavy atom.